The van der Waals surface area contributed by atoms with Crippen LogP contribution < -0.4 is 5.32 Å². The van der Waals surface area contributed by atoms with Crippen LogP contribution >= 0.6 is 23.4 Å². The minimum Gasteiger partial charge on any atom is -0.462 e. The molecule has 1 aromatic heterocycles. The zero-order chi connectivity index (χ0) is 18.2. The first-order chi connectivity index (χ1) is 12.0. The van der Waals surface area contributed by atoms with Gasteiger partial charge in [0.2, 0.25) is 0 Å². The number of anilines is 1. The van der Waals surface area contributed by atoms with E-state index in [4.69, 9.17) is 16.3 Å². The van der Waals surface area contributed by atoms with E-state index in [0.717, 1.165) is 12.8 Å². The van der Waals surface area contributed by atoms with Crippen LogP contribution in [0.5, 0.6) is 0 Å². The van der Waals surface area contributed by atoms with E-state index < -0.39 is 5.91 Å². The maximum Gasteiger partial charge on any atom is 0.338 e. The molecule has 0 aliphatic carbocycles. The molecule has 132 valence electrons. The molecule has 1 aromatic carbocycles. The van der Waals surface area contributed by atoms with Crippen molar-refractivity contribution < 1.29 is 14.3 Å². The number of aromatic nitrogens is 2. The zero-order valence-corrected chi connectivity index (χ0v) is 15.5. The van der Waals surface area contributed by atoms with E-state index in [0.29, 0.717) is 23.0 Å². The molecular formula is C17H18ClN3O3S. The van der Waals surface area contributed by atoms with Crippen molar-refractivity contribution in [3.63, 3.8) is 0 Å². The highest BCUT2D eigenvalue weighted by Gasteiger charge is 2.15. The fraction of sp³-hybridized carbons (Fsp3) is 0.294. The molecular weight excluding hydrogens is 362 g/mol. The lowest BCUT2D eigenvalue weighted by molar-refractivity contribution is 0.0499. The van der Waals surface area contributed by atoms with Crippen molar-refractivity contribution in [2.75, 3.05) is 18.2 Å². The molecule has 0 unspecified atom stereocenters. The van der Waals surface area contributed by atoms with Crippen molar-refractivity contribution in [3.05, 3.63) is 46.7 Å². The summed E-state index contributed by atoms with van der Waals surface area (Å²) in [5.41, 5.74) is 1.05. The molecule has 0 spiro atoms. The number of hydrogen-bond donors (Lipinski definition) is 1. The number of halogens is 1. The second-order valence-corrected chi connectivity index (χ2v) is 6.25. The summed E-state index contributed by atoms with van der Waals surface area (Å²) < 4.78 is 5.14. The molecule has 1 amide bonds. The molecule has 0 aliphatic rings. The van der Waals surface area contributed by atoms with Gasteiger partial charge >= 0.3 is 5.97 Å². The SMILES string of the molecule is CCCCOC(=O)c1ccc(NC(=O)c2nc(SC)ncc2Cl)cc1. The average Bonchev–Trinajstić information content (AvgIpc) is 2.62. The first kappa shape index (κ1) is 19.2. The molecule has 0 radical (unpaired) electrons. The van der Waals surface area contributed by atoms with Gasteiger partial charge in [0, 0.05) is 5.69 Å². The molecule has 1 heterocycles. The maximum absolute atomic E-state index is 12.3. The van der Waals surface area contributed by atoms with E-state index in [1.54, 1.807) is 24.3 Å². The number of esters is 1. The normalized spacial score (nSPS) is 10.4. The molecule has 0 saturated carbocycles. The molecule has 0 bridgehead atoms. The van der Waals surface area contributed by atoms with Gasteiger partial charge in [-0.15, -0.1) is 0 Å². The fourth-order valence-electron chi connectivity index (χ4n) is 1.88. The van der Waals surface area contributed by atoms with Crippen LogP contribution in [0, 0.1) is 0 Å². The van der Waals surface area contributed by atoms with Crippen molar-refractivity contribution in [1.29, 1.82) is 0 Å². The van der Waals surface area contributed by atoms with Crippen molar-refractivity contribution in [3.8, 4) is 0 Å². The van der Waals surface area contributed by atoms with Crippen LogP contribution in [0.2, 0.25) is 5.02 Å². The summed E-state index contributed by atoms with van der Waals surface area (Å²) in [6.07, 6.45) is 4.99. The molecule has 0 fully saturated rings. The van der Waals surface area contributed by atoms with Gasteiger partial charge in [0.15, 0.2) is 10.9 Å². The third-order valence-electron chi connectivity index (χ3n) is 3.23. The Hall–Kier alpha value is -2.12. The summed E-state index contributed by atoms with van der Waals surface area (Å²) in [5, 5.41) is 3.32. The number of carbonyl (C=O) groups excluding carboxylic acids is 2. The number of thioether (sulfide) groups is 1. The van der Waals surface area contributed by atoms with Crippen LogP contribution in [-0.4, -0.2) is 34.7 Å². The van der Waals surface area contributed by atoms with E-state index >= 15 is 0 Å². The summed E-state index contributed by atoms with van der Waals surface area (Å²) in [5.74, 6) is -0.823. The Labute approximate surface area is 155 Å². The molecule has 25 heavy (non-hydrogen) atoms. The topological polar surface area (TPSA) is 81.2 Å². The lowest BCUT2D eigenvalue weighted by Gasteiger charge is -2.08. The highest BCUT2D eigenvalue weighted by molar-refractivity contribution is 7.98. The largest absolute Gasteiger partial charge is 0.462 e. The number of unbranched alkanes of at least 4 members (excludes halogenated alkanes) is 1. The Morgan fingerprint density at radius 2 is 2.00 bits per heavy atom. The number of nitrogens with zero attached hydrogens (tertiary/aromatic N) is 2. The summed E-state index contributed by atoms with van der Waals surface area (Å²) in [6.45, 7) is 2.43. The number of rotatable bonds is 7. The Kier molecular flexibility index (Phi) is 7.21. The van der Waals surface area contributed by atoms with Crippen LogP contribution in [0.1, 0.15) is 40.6 Å². The van der Waals surface area contributed by atoms with Crippen molar-refractivity contribution in [2.45, 2.75) is 24.9 Å². The summed E-state index contributed by atoms with van der Waals surface area (Å²) in [7, 11) is 0. The van der Waals surface area contributed by atoms with E-state index in [-0.39, 0.29) is 16.7 Å². The van der Waals surface area contributed by atoms with E-state index in [2.05, 4.69) is 15.3 Å². The Morgan fingerprint density at radius 3 is 2.64 bits per heavy atom. The number of carbonyl (C=O) groups is 2. The van der Waals surface area contributed by atoms with Gasteiger partial charge in [0.05, 0.1) is 23.4 Å². The van der Waals surface area contributed by atoms with Gasteiger partial charge in [-0.3, -0.25) is 4.79 Å². The van der Waals surface area contributed by atoms with Crippen molar-refractivity contribution in [1.82, 2.24) is 9.97 Å². The van der Waals surface area contributed by atoms with Crippen LogP contribution in [-0.2, 0) is 4.74 Å². The fourth-order valence-corrected chi connectivity index (χ4v) is 2.40. The van der Waals surface area contributed by atoms with Gasteiger partial charge in [-0.05, 0) is 36.9 Å². The van der Waals surface area contributed by atoms with Gasteiger partial charge in [-0.25, -0.2) is 14.8 Å². The lowest BCUT2D eigenvalue weighted by atomic mass is 10.2. The summed E-state index contributed by atoms with van der Waals surface area (Å²) in [4.78, 5) is 32.3. The van der Waals surface area contributed by atoms with E-state index in [1.807, 2.05) is 13.2 Å². The number of nitrogens with one attached hydrogen (secondary N) is 1. The number of amides is 1. The standard InChI is InChI=1S/C17H18ClN3O3S/c1-3-4-9-24-16(23)11-5-7-12(8-6-11)20-15(22)14-13(18)10-19-17(21-14)25-2/h5-8,10H,3-4,9H2,1-2H3,(H,20,22). The Balaban J connectivity index is 2.03. The first-order valence-electron chi connectivity index (χ1n) is 7.70. The van der Waals surface area contributed by atoms with Crippen LogP contribution in [0.25, 0.3) is 0 Å². The van der Waals surface area contributed by atoms with Crippen molar-refractivity contribution in [2.24, 2.45) is 0 Å². The predicted octanol–water partition coefficient (Wildman–Crippen LogP) is 4.06. The van der Waals surface area contributed by atoms with Crippen LogP contribution in [0.4, 0.5) is 5.69 Å². The molecule has 0 atom stereocenters. The minimum absolute atomic E-state index is 0.101. The van der Waals surface area contributed by atoms with Crippen LogP contribution in [0.3, 0.4) is 0 Å². The van der Waals surface area contributed by atoms with Gasteiger partial charge in [0.1, 0.15) is 0 Å². The second-order valence-electron chi connectivity index (χ2n) is 5.07. The van der Waals surface area contributed by atoms with Gasteiger partial charge in [-0.1, -0.05) is 36.7 Å². The average molecular weight is 380 g/mol. The molecule has 6 nitrogen and oxygen atoms in total. The summed E-state index contributed by atoms with van der Waals surface area (Å²) in [6, 6.07) is 6.44. The molecule has 2 rings (SSSR count). The van der Waals surface area contributed by atoms with Crippen LogP contribution in [0.15, 0.2) is 35.6 Å². The third-order valence-corrected chi connectivity index (χ3v) is 4.07. The monoisotopic (exact) mass is 379 g/mol. The minimum atomic E-state index is -0.444. The number of hydrogen-bond acceptors (Lipinski definition) is 6. The maximum atomic E-state index is 12.3. The predicted molar refractivity (Wildman–Crippen MR) is 98.4 cm³/mol. The zero-order valence-electron chi connectivity index (χ0n) is 13.9. The highest BCUT2D eigenvalue weighted by atomic mass is 35.5. The second kappa shape index (κ2) is 9.39. The van der Waals surface area contributed by atoms with Gasteiger partial charge < -0.3 is 10.1 Å². The van der Waals surface area contributed by atoms with E-state index in [1.165, 1.54) is 18.0 Å². The quantitative estimate of drug-likeness (QED) is 0.338. The van der Waals surface area contributed by atoms with Gasteiger partial charge in [0.25, 0.3) is 5.91 Å². The summed E-state index contributed by atoms with van der Waals surface area (Å²) >= 11 is 7.30. The Morgan fingerprint density at radius 1 is 1.28 bits per heavy atom. The molecule has 0 saturated heterocycles. The van der Waals surface area contributed by atoms with Crippen molar-refractivity contribution >= 4 is 40.9 Å². The Bertz CT molecular complexity index is 753. The third kappa shape index (κ3) is 5.44. The van der Waals surface area contributed by atoms with Gasteiger partial charge in [-0.2, -0.15) is 0 Å². The molecule has 1 N–H and O–H groups in total. The lowest BCUT2D eigenvalue weighted by Crippen LogP contribution is -2.15. The number of benzene rings is 1. The smallest absolute Gasteiger partial charge is 0.338 e. The highest BCUT2D eigenvalue weighted by Crippen LogP contribution is 2.18. The number of ether oxygens (including phenoxy) is 1. The molecule has 8 heteroatoms. The van der Waals surface area contributed by atoms with E-state index in [9.17, 15) is 9.59 Å². The first-order valence-corrected chi connectivity index (χ1v) is 9.30. The molecule has 0 aliphatic heterocycles. The molecule has 2 aromatic rings.